The Morgan fingerprint density at radius 1 is 1.02 bits per heavy atom. The van der Waals surface area contributed by atoms with Crippen LogP contribution in [0.25, 0.3) is 0 Å². The van der Waals surface area contributed by atoms with Crippen LogP contribution in [-0.4, -0.2) is 51.6 Å². The zero-order valence-electron chi connectivity index (χ0n) is 28.5. The van der Waals surface area contributed by atoms with Crippen LogP contribution in [0.15, 0.2) is 50.4 Å². The van der Waals surface area contributed by atoms with Gasteiger partial charge in [0.15, 0.2) is 0 Å². The molecule has 0 aromatic heterocycles. The number of benzene rings is 2. The van der Waals surface area contributed by atoms with Crippen LogP contribution < -0.4 is 10.2 Å². The van der Waals surface area contributed by atoms with E-state index in [0.29, 0.717) is 29.7 Å². The third kappa shape index (κ3) is 12.8. The highest BCUT2D eigenvalue weighted by Crippen LogP contribution is 2.35. The van der Waals surface area contributed by atoms with Crippen LogP contribution in [0.3, 0.4) is 0 Å². The molecule has 9 heteroatoms. The summed E-state index contributed by atoms with van der Waals surface area (Å²) >= 11 is 1.54. The number of ether oxygens (including phenoxy) is 1. The van der Waals surface area contributed by atoms with Crippen molar-refractivity contribution in [3.63, 3.8) is 0 Å². The van der Waals surface area contributed by atoms with Crippen LogP contribution in [-0.2, 0) is 9.53 Å². The number of hydrogen-bond donors (Lipinski definition) is 1. The molecule has 1 unspecified atom stereocenters. The minimum Gasteiger partial charge on any atom is -0.462 e. The van der Waals surface area contributed by atoms with Crippen molar-refractivity contribution in [1.29, 1.82) is 0 Å². The highest BCUT2D eigenvalue weighted by atomic mass is 32.2. The van der Waals surface area contributed by atoms with Crippen LogP contribution in [0, 0.1) is 18.8 Å². The lowest BCUT2D eigenvalue weighted by atomic mass is 9.98. The van der Waals surface area contributed by atoms with E-state index < -0.39 is 0 Å². The van der Waals surface area contributed by atoms with Crippen molar-refractivity contribution in [2.24, 2.45) is 27.1 Å². The monoisotopic (exact) mass is 625 g/mol. The fourth-order valence-corrected chi connectivity index (χ4v) is 5.45. The quantitative estimate of drug-likeness (QED) is 0.0817. The average Bonchev–Trinajstić information content (AvgIpc) is 3.03. The zero-order chi connectivity index (χ0) is 33.1. The van der Waals surface area contributed by atoms with Crippen molar-refractivity contribution in [3.8, 4) is 0 Å². The number of anilines is 2. The number of rotatable bonds is 17. The Bertz CT molecular complexity index is 1210. The first-order valence-electron chi connectivity index (χ1n) is 15.9. The number of unbranched alkanes of at least 4 members (excludes halogenated alkanes) is 1. The van der Waals surface area contributed by atoms with E-state index >= 15 is 0 Å². The Morgan fingerprint density at radius 2 is 1.70 bits per heavy atom. The molecule has 2 aromatic carbocycles. The van der Waals surface area contributed by atoms with E-state index in [9.17, 15) is 9.59 Å². The minimum absolute atomic E-state index is 0.0974. The molecule has 44 heavy (non-hydrogen) atoms. The van der Waals surface area contributed by atoms with Crippen molar-refractivity contribution in [3.05, 3.63) is 41.5 Å². The summed E-state index contributed by atoms with van der Waals surface area (Å²) in [5.41, 5.74) is 5.11. The number of hydrogen-bond acceptors (Lipinski definition) is 8. The number of aryl methyl sites for hydroxylation is 1. The number of carbonyl (C=O) groups excluding carboxylic acids is 2. The Morgan fingerprint density at radius 3 is 2.23 bits per heavy atom. The van der Waals surface area contributed by atoms with Gasteiger partial charge in [-0.15, -0.1) is 11.8 Å². The van der Waals surface area contributed by atoms with Gasteiger partial charge in [-0.3, -0.25) is 9.79 Å². The van der Waals surface area contributed by atoms with Gasteiger partial charge >= 0.3 is 5.97 Å². The Hall–Kier alpha value is -3.20. The lowest BCUT2D eigenvalue weighted by molar-refractivity contribution is -0.114. The molecule has 0 aliphatic rings. The lowest BCUT2D eigenvalue weighted by Crippen LogP contribution is -2.30. The molecule has 0 bridgehead atoms. The molecule has 0 radical (unpaired) electrons. The van der Waals surface area contributed by atoms with E-state index in [2.05, 4.69) is 73.7 Å². The van der Waals surface area contributed by atoms with E-state index in [1.165, 1.54) is 32.6 Å². The second-order valence-corrected chi connectivity index (χ2v) is 11.8. The Kier molecular flexibility index (Phi) is 19.0. The van der Waals surface area contributed by atoms with Crippen LogP contribution in [0.5, 0.6) is 0 Å². The van der Waals surface area contributed by atoms with E-state index in [-0.39, 0.29) is 11.9 Å². The molecule has 0 aliphatic carbocycles. The number of aliphatic imine (C=N–C) groups is 1. The molecule has 0 saturated heterocycles. The molecule has 1 N–H and O–H groups in total. The molecular weight excluding hydrogens is 570 g/mol. The van der Waals surface area contributed by atoms with Gasteiger partial charge in [-0.2, -0.15) is 10.2 Å². The standard InChI is InChI=1S/C20H34N4O.C15H21NO2S/c1-7-10-11-17(8-2)14-24(9-3)20-13-18(22-16(5)25)19(23-21-6)12-15(20)4;1-5-11(6-2)10-18-15(17)12-7-8-13(16-3)14(9-12)19-4/h12-13,17H,7-11,14H2,1-6H3,(H,22,25);7-9,11H,3,5-6,10H2,1-2,4H3. The zero-order valence-corrected chi connectivity index (χ0v) is 29.4. The molecule has 0 aliphatic heterocycles. The van der Waals surface area contributed by atoms with Crippen LogP contribution in [0.1, 0.15) is 96.0 Å². The largest absolute Gasteiger partial charge is 0.462 e. The molecule has 0 heterocycles. The number of esters is 1. The number of thioether (sulfide) groups is 1. The van der Waals surface area contributed by atoms with Crippen molar-refractivity contribution in [1.82, 2.24) is 0 Å². The third-order valence-electron chi connectivity index (χ3n) is 7.77. The van der Waals surface area contributed by atoms with Gasteiger partial charge in [-0.05, 0) is 81.0 Å². The van der Waals surface area contributed by atoms with Gasteiger partial charge in [0, 0.05) is 37.6 Å². The van der Waals surface area contributed by atoms with Crippen LogP contribution >= 0.6 is 11.8 Å². The first-order chi connectivity index (χ1) is 21.1. The molecule has 0 saturated carbocycles. The van der Waals surface area contributed by atoms with Crippen molar-refractivity contribution in [2.75, 3.05) is 43.2 Å². The number of nitrogens with zero attached hydrogens (tertiary/aromatic N) is 4. The molecule has 8 nitrogen and oxygen atoms in total. The summed E-state index contributed by atoms with van der Waals surface area (Å²) in [6, 6.07) is 9.38. The molecular formula is C35H55N5O3S. The highest BCUT2D eigenvalue weighted by Gasteiger charge is 2.17. The van der Waals surface area contributed by atoms with Gasteiger partial charge in [-0.25, -0.2) is 4.79 Å². The van der Waals surface area contributed by atoms with Crippen molar-refractivity contribution >= 4 is 53.1 Å². The van der Waals surface area contributed by atoms with Gasteiger partial charge < -0.3 is 15.0 Å². The maximum Gasteiger partial charge on any atom is 0.338 e. The van der Waals surface area contributed by atoms with Crippen LogP contribution in [0.4, 0.5) is 22.7 Å². The first-order valence-corrected chi connectivity index (χ1v) is 17.1. The number of amides is 1. The molecule has 1 atom stereocenters. The Labute approximate surface area is 270 Å². The van der Waals surface area contributed by atoms with Crippen LogP contribution in [0.2, 0.25) is 0 Å². The second kappa shape index (κ2) is 21.5. The smallest absolute Gasteiger partial charge is 0.338 e. The third-order valence-corrected chi connectivity index (χ3v) is 8.53. The summed E-state index contributed by atoms with van der Waals surface area (Å²) in [5, 5.41) is 10.9. The van der Waals surface area contributed by atoms with E-state index in [4.69, 9.17) is 4.74 Å². The highest BCUT2D eigenvalue weighted by molar-refractivity contribution is 7.98. The van der Waals surface area contributed by atoms with Gasteiger partial charge in [0.2, 0.25) is 5.91 Å². The molecule has 0 fully saturated rings. The van der Waals surface area contributed by atoms with Gasteiger partial charge in [0.05, 0.1) is 23.5 Å². The number of azo groups is 1. The topological polar surface area (TPSA) is 95.7 Å². The number of carbonyl (C=O) groups is 2. The normalized spacial score (nSPS) is 11.6. The summed E-state index contributed by atoms with van der Waals surface area (Å²) < 4.78 is 5.35. The van der Waals surface area contributed by atoms with Gasteiger partial charge in [-0.1, -0.05) is 59.8 Å². The van der Waals surface area contributed by atoms with E-state index in [1.54, 1.807) is 30.9 Å². The maximum atomic E-state index is 12.0. The van der Waals surface area contributed by atoms with Crippen molar-refractivity contribution in [2.45, 2.75) is 91.9 Å². The molecule has 244 valence electrons. The SMILES string of the molecule is C=Nc1ccc(C(=O)OCC(CC)CC)cc1SC.CCCCC(CC)CN(CC)c1cc(NC(C)=O)c(N=NC)cc1C. The maximum absolute atomic E-state index is 12.0. The second-order valence-electron chi connectivity index (χ2n) is 10.9. The molecule has 2 rings (SSSR count). The minimum atomic E-state index is -0.266. The summed E-state index contributed by atoms with van der Waals surface area (Å²) in [6.45, 7) is 20.5. The molecule has 1 amide bonds. The van der Waals surface area contributed by atoms with Gasteiger partial charge in [0.1, 0.15) is 5.69 Å². The van der Waals surface area contributed by atoms with E-state index in [0.717, 1.165) is 53.5 Å². The van der Waals surface area contributed by atoms with E-state index in [1.807, 2.05) is 24.5 Å². The summed E-state index contributed by atoms with van der Waals surface area (Å²) in [5.74, 6) is 0.772. The summed E-state index contributed by atoms with van der Waals surface area (Å²) in [6.07, 6.45) is 8.98. The van der Waals surface area contributed by atoms with Crippen molar-refractivity contribution < 1.29 is 14.3 Å². The molecule has 0 spiro atoms. The lowest BCUT2D eigenvalue weighted by Gasteiger charge is -2.30. The predicted octanol–water partition coefficient (Wildman–Crippen LogP) is 10.0. The number of nitrogens with one attached hydrogen (secondary N) is 1. The fraction of sp³-hybridized carbons (Fsp3) is 0.571. The van der Waals surface area contributed by atoms with Gasteiger partial charge in [0.25, 0.3) is 0 Å². The predicted molar refractivity (Wildman–Crippen MR) is 189 cm³/mol. The first kappa shape index (κ1) is 38.8. The summed E-state index contributed by atoms with van der Waals surface area (Å²) in [7, 11) is 1.64. The fourth-order valence-electron chi connectivity index (χ4n) is 4.87. The summed E-state index contributed by atoms with van der Waals surface area (Å²) in [4.78, 5) is 30.8. The Balaban J connectivity index is 0.000000457. The average molecular weight is 626 g/mol. The molecule has 2 aromatic rings.